The van der Waals surface area contributed by atoms with Crippen molar-refractivity contribution in [3.63, 3.8) is 0 Å². The van der Waals surface area contributed by atoms with Crippen molar-refractivity contribution in [1.29, 1.82) is 0 Å². The zero-order chi connectivity index (χ0) is 15.1. The summed E-state index contributed by atoms with van der Waals surface area (Å²) in [5.41, 5.74) is 1.61. The first-order valence-corrected chi connectivity index (χ1v) is 7.74. The van der Waals surface area contributed by atoms with Crippen LogP contribution in [-0.2, 0) is 12.8 Å². The third-order valence-electron chi connectivity index (χ3n) is 5.37. The van der Waals surface area contributed by atoms with Crippen LogP contribution in [0.15, 0.2) is 24.3 Å². The normalized spacial score (nSPS) is 31.8. The zero-order valence-electron chi connectivity index (χ0n) is 12.0. The molecule has 2 aliphatic carbocycles. The number of halogens is 3. The highest BCUT2D eigenvalue weighted by molar-refractivity contribution is 5.31. The molecule has 2 aliphatic rings. The first-order valence-electron chi connectivity index (χ1n) is 7.74. The van der Waals surface area contributed by atoms with Crippen molar-refractivity contribution in [3.8, 4) is 0 Å². The third-order valence-corrected chi connectivity index (χ3v) is 5.37. The molecular formula is C17H21F3O. The van der Waals surface area contributed by atoms with Crippen molar-refractivity contribution >= 4 is 0 Å². The average molecular weight is 298 g/mol. The van der Waals surface area contributed by atoms with E-state index in [1.807, 2.05) is 12.1 Å². The van der Waals surface area contributed by atoms with Crippen molar-refractivity contribution in [2.45, 2.75) is 56.7 Å². The molecule has 1 aromatic rings. The monoisotopic (exact) mass is 298 g/mol. The molecule has 1 saturated carbocycles. The molecule has 2 atom stereocenters. The largest absolute Gasteiger partial charge is 0.389 e. The molecule has 1 N–H and O–H groups in total. The lowest BCUT2D eigenvalue weighted by Crippen LogP contribution is -2.40. The highest BCUT2D eigenvalue weighted by Crippen LogP contribution is 2.49. The Balaban J connectivity index is 1.75. The fraction of sp³-hybridized carbons (Fsp3) is 0.647. The van der Waals surface area contributed by atoms with Crippen LogP contribution in [0.25, 0.3) is 0 Å². The minimum Gasteiger partial charge on any atom is -0.389 e. The lowest BCUT2D eigenvalue weighted by atomic mass is 9.78. The van der Waals surface area contributed by atoms with Crippen LogP contribution in [0.4, 0.5) is 13.2 Å². The molecule has 0 spiro atoms. The molecule has 2 unspecified atom stereocenters. The number of rotatable bonds is 3. The molecule has 21 heavy (non-hydrogen) atoms. The maximum absolute atomic E-state index is 12.4. The van der Waals surface area contributed by atoms with Crippen LogP contribution in [0.2, 0.25) is 0 Å². The van der Waals surface area contributed by atoms with Gasteiger partial charge in [-0.1, -0.05) is 24.3 Å². The molecule has 4 heteroatoms. The van der Waals surface area contributed by atoms with Crippen LogP contribution in [0.1, 0.15) is 43.2 Å². The number of benzene rings is 1. The summed E-state index contributed by atoms with van der Waals surface area (Å²) in [5.74, 6) is 0.221. The fourth-order valence-electron chi connectivity index (χ4n) is 4.26. The number of hydrogen-bond acceptors (Lipinski definition) is 1. The van der Waals surface area contributed by atoms with Crippen LogP contribution in [0.5, 0.6) is 0 Å². The van der Waals surface area contributed by atoms with Crippen molar-refractivity contribution in [2.24, 2.45) is 11.8 Å². The van der Waals surface area contributed by atoms with E-state index in [-0.39, 0.29) is 24.7 Å². The van der Waals surface area contributed by atoms with E-state index in [2.05, 4.69) is 12.1 Å². The van der Waals surface area contributed by atoms with Gasteiger partial charge in [-0.15, -0.1) is 0 Å². The van der Waals surface area contributed by atoms with Crippen molar-refractivity contribution in [1.82, 2.24) is 0 Å². The molecule has 0 aromatic heterocycles. The topological polar surface area (TPSA) is 20.2 Å². The quantitative estimate of drug-likeness (QED) is 0.883. The van der Waals surface area contributed by atoms with Gasteiger partial charge in [-0.05, 0) is 61.5 Å². The molecule has 0 heterocycles. The predicted molar refractivity (Wildman–Crippen MR) is 74.9 cm³/mol. The Morgan fingerprint density at radius 3 is 2.05 bits per heavy atom. The summed E-state index contributed by atoms with van der Waals surface area (Å²) in [7, 11) is 0. The zero-order valence-corrected chi connectivity index (χ0v) is 12.0. The summed E-state index contributed by atoms with van der Waals surface area (Å²) >= 11 is 0. The van der Waals surface area contributed by atoms with Crippen LogP contribution in [0.3, 0.4) is 0 Å². The van der Waals surface area contributed by atoms with Gasteiger partial charge in [0.15, 0.2) is 0 Å². The molecule has 0 radical (unpaired) electrons. The maximum atomic E-state index is 12.4. The van der Waals surface area contributed by atoms with Gasteiger partial charge in [0.25, 0.3) is 0 Å². The SMILES string of the molecule is OC1(CCCC(F)(F)F)C2CCC1Cc1ccccc1C2. The number of fused-ring (bicyclic) bond motifs is 3. The molecule has 3 rings (SSSR count). The third kappa shape index (κ3) is 2.96. The van der Waals surface area contributed by atoms with Crippen LogP contribution in [-0.4, -0.2) is 16.9 Å². The van der Waals surface area contributed by atoms with E-state index < -0.39 is 18.2 Å². The summed E-state index contributed by atoms with van der Waals surface area (Å²) in [6.07, 6.45) is -1.14. The Bertz CT molecular complexity index is 476. The first-order chi connectivity index (χ1) is 9.88. The summed E-state index contributed by atoms with van der Waals surface area (Å²) in [4.78, 5) is 0. The Kier molecular flexibility index (Phi) is 3.76. The Morgan fingerprint density at radius 1 is 1.05 bits per heavy atom. The molecule has 1 nitrogen and oxygen atoms in total. The van der Waals surface area contributed by atoms with Gasteiger partial charge >= 0.3 is 6.18 Å². The Hall–Kier alpha value is -1.03. The van der Waals surface area contributed by atoms with Crippen LogP contribution >= 0.6 is 0 Å². The number of aliphatic hydroxyl groups is 1. The molecule has 1 aromatic carbocycles. The van der Waals surface area contributed by atoms with Crippen molar-refractivity contribution in [3.05, 3.63) is 35.4 Å². The van der Waals surface area contributed by atoms with E-state index in [9.17, 15) is 18.3 Å². The molecule has 2 bridgehead atoms. The molecule has 0 saturated heterocycles. The summed E-state index contributed by atoms with van der Waals surface area (Å²) in [6, 6.07) is 8.18. The standard InChI is InChI=1S/C17H21F3O/c18-17(19,20)9-3-8-16(21)14-6-7-15(16)11-13-5-2-1-4-12(13)10-14/h1-2,4-5,14-15,21H,3,6-11H2. The minimum absolute atomic E-state index is 0.0311. The van der Waals surface area contributed by atoms with Crippen molar-refractivity contribution in [2.75, 3.05) is 0 Å². The minimum atomic E-state index is -4.12. The van der Waals surface area contributed by atoms with E-state index in [0.29, 0.717) is 0 Å². The lowest BCUT2D eigenvalue weighted by Gasteiger charge is -2.34. The molecule has 0 amide bonds. The van der Waals surface area contributed by atoms with Gasteiger partial charge in [-0.2, -0.15) is 13.2 Å². The molecular weight excluding hydrogens is 277 g/mol. The van der Waals surface area contributed by atoms with E-state index in [0.717, 1.165) is 25.7 Å². The highest BCUT2D eigenvalue weighted by Gasteiger charge is 2.50. The molecule has 0 aliphatic heterocycles. The lowest BCUT2D eigenvalue weighted by molar-refractivity contribution is -0.140. The van der Waals surface area contributed by atoms with Gasteiger partial charge < -0.3 is 5.11 Å². The molecule has 1 fully saturated rings. The average Bonchev–Trinajstić information content (AvgIpc) is 2.60. The second-order valence-corrected chi connectivity index (χ2v) is 6.61. The maximum Gasteiger partial charge on any atom is 0.389 e. The fourth-order valence-corrected chi connectivity index (χ4v) is 4.26. The van der Waals surface area contributed by atoms with Gasteiger partial charge in [-0.25, -0.2) is 0 Å². The van der Waals surface area contributed by atoms with Gasteiger partial charge in [0.05, 0.1) is 5.60 Å². The smallest absolute Gasteiger partial charge is 0.389 e. The Labute approximate surface area is 123 Å². The van der Waals surface area contributed by atoms with Gasteiger partial charge in [0, 0.05) is 6.42 Å². The first kappa shape index (κ1) is 14.9. The van der Waals surface area contributed by atoms with E-state index in [4.69, 9.17) is 0 Å². The van der Waals surface area contributed by atoms with Gasteiger partial charge in [0.1, 0.15) is 0 Å². The second-order valence-electron chi connectivity index (χ2n) is 6.61. The summed E-state index contributed by atoms with van der Waals surface area (Å²) in [6.45, 7) is 0. The number of alkyl halides is 3. The Morgan fingerprint density at radius 2 is 1.57 bits per heavy atom. The summed E-state index contributed by atoms with van der Waals surface area (Å²) < 4.78 is 37.1. The van der Waals surface area contributed by atoms with E-state index in [1.54, 1.807) is 0 Å². The number of hydrogen-bond donors (Lipinski definition) is 1. The van der Waals surface area contributed by atoms with Crippen LogP contribution < -0.4 is 0 Å². The summed E-state index contributed by atoms with van der Waals surface area (Å²) in [5, 5.41) is 11.1. The highest BCUT2D eigenvalue weighted by atomic mass is 19.4. The van der Waals surface area contributed by atoms with Crippen LogP contribution in [0, 0.1) is 11.8 Å². The van der Waals surface area contributed by atoms with Gasteiger partial charge in [-0.3, -0.25) is 0 Å². The van der Waals surface area contributed by atoms with E-state index in [1.165, 1.54) is 11.1 Å². The van der Waals surface area contributed by atoms with Gasteiger partial charge in [0.2, 0.25) is 0 Å². The predicted octanol–water partition coefficient (Wildman–Crippen LogP) is 4.28. The molecule has 116 valence electrons. The van der Waals surface area contributed by atoms with Crippen molar-refractivity contribution < 1.29 is 18.3 Å². The second kappa shape index (κ2) is 5.31. The van der Waals surface area contributed by atoms with E-state index >= 15 is 0 Å².